The van der Waals surface area contributed by atoms with Crippen molar-refractivity contribution < 1.29 is 0 Å². The van der Waals surface area contributed by atoms with Crippen molar-refractivity contribution in [3.05, 3.63) is 22.7 Å². The Morgan fingerprint density at radius 2 is 2.15 bits per heavy atom. The predicted molar refractivity (Wildman–Crippen MR) is 81.9 cm³/mol. The molecule has 2 N–H and O–H groups in total. The molecule has 0 radical (unpaired) electrons. The van der Waals surface area contributed by atoms with Crippen LogP contribution in [0.3, 0.4) is 0 Å². The van der Waals surface area contributed by atoms with E-state index in [1.54, 1.807) is 0 Å². The fourth-order valence-corrected chi connectivity index (χ4v) is 3.28. The fourth-order valence-electron chi connectivity index (χ4n) is 2.77. The quantitative estimate of drug-likeness (QED) is 0.851. The van der Waals surface area contributed by atoms with Crippen LogP contribution < -0.4 is 5.73 Å². The van der Waals surface area contributed by atoms with E-state index >= 15 is 0 Å². The lowest BCUT2D eigenvalue weighted by Gasteiger charge is -2.14. The lowest BCUT2D eigenvalue weighted by atomic mass is 10.0. The van der Waals surface area contributed by atoms with Crippen LogP contribution in [0.15, 0.2) is 22.7 Å². The first-order chi connectivity index (χ1) is 9.62. The van der Waals surface area contributed by atoms with Gasteiger partial charge in [0.2, 0.25) is 0 Å². The standard InChI is InChI=1S/C14H18BrN5/c1-2-3-14(4-5-14)9-20-13(17-18-19-20)10-6-11(15)8-12(16)7-10/h6-8H,2-5,9,16H2,1H3. The maximum Gasteiger partial charge on any atom is 0.182 e. The zero-order valence-electron chi connectivity index (χ0n) is 11.5. The highest BCUT2D eigenvalue weighted by Gasteiger charge is 2.42. The Kier molecular flexibility index (Phi) is 3.50. The molecule has 5 nitrogen and oxygen atoms in total. The average molecular weight is 336 g/mol. The van der Waals surface area contributed by atoms with Crippen molar-refractivity contribution >= 4 is 21.6 Å². The second kappa shape index (κ2) is 5.16. The Labute approximate surface area is 126 Å². The molecule has 1 heterocycles. The van der Waals surface area contributed by atoms with Gasteiger partial charge in [-0.2, -0.15) is 0 Å². The van der Waals surface area contributed by atoms with E-state index in [-0.39, 0.29) is 0 Å². The van der Waals surface area contributed by atoms with E-state index in [1.165, 1.54) is 25.7 Å². The number of nitrogen functional groups attached to an aromatic ring is 1. The number of rotatable bonds is 5. The number of hydrogen-bond donors (Lipinski definition) is 1. The van der Waals surface area contributed by atoms with Crippen LogP contribution in [-0.4, -0.2) is 20.2 Å². The third-order valence-electron chi connectivity index (χ3n) is 3.93. The van der Waals surface area contributed by atoms with Crippen molar-refractivity contribution in [3.63, 3.8) is 0 Å². The number of benzene rings is 1. The van der Waals surface area contributed by atoms with Gasteiger partial charge in [-0.25, -0.2) is 4.68 Å². The lowest BCUT2D eigenvalue weighted by Crippen LogP contribution is -2.14. The van der Waals surface area contributed by atoms with Crippen molar-refractivity contribution in [3.8, 4) is 11.4 Å². The minimum Gasteiger partial charge on any atom is -0.399 e. The van der Waals surface area contributed by atoms with E-state index in [0.29, 0.717) is 11.1 Å². The highest BCUT2D eigenvalue weighted by Crippen LogP contribution is 2.51. The molecule has 0 saturated heterocycles. The smallest absolute Gasteiger partial charge is 0.182 e. The molecule has 1 saturated carbocycles. The highest BCUT2D eigenvalue weighted by atomic mass is 79.9. The number of halogens is 1. The summed E-state index contributed by atoms with van der Waals surface area (Å²) in [6, 6.07) is 5.78. The molecule has 1 aliphatic rings. The number of nitrogens with two attached hydrogens (primary N) is 1. The molecule has 0 aliphatic heterocycles. The summed E-state index contributed by atoms with van der Waals surface area (Å²) in [7, 11) is 0. The first-order valence-electron chi connectivity index (χ1n) is 6.94. The molecule has 20 heavy (non-hydrogen) atoms. The van der Waals surface area contributed by atoms with Crippen LogP contribution in [0.4, 0.5) is 5.69 Å². The summed E-state index contributed by atoms with van der Waals surface area (Å²) in [5.41, 5.74) is 7.97. The molecule has 0 unspecified atom stereocenters. The van der Waals surface area contributed by atoms with Crippen LogP contribution in [0, 0.1) is 5.41 Å². The Morgan fingerprint density at radius 3 is 2.80 bits per heavy atom. The van der Waals surface area contributed by atoms with Crippen molar-refractivity contribution in [2.45, 2.75) is 39.2 Å². The Bertz CT molecular complexity index is 598. The van der Waals surface area contributed by atoms with Gasteiger partial charge in [-0.1, -0.05) is 29.3 Å². The summed E-state index contributed by atoms with van der Waals surface area (Å²) in [5, 5.41) is 12.2. The van der Waals surface area contributed by atoms with Crippen LogP contribution >= 0.6 is 15.9 Å². The predicted octanol–water partition coefficient (Wildman–Crippen LogP) is 3.27. The second-order valence-corrected chi connectivity index (χ2v) is 6.60. The fraction of sp³-hybridized carbons (Fsp3) is 0.500. The summed E-state index contributed by atoms with van der Waals surface area (Å²) in [6.45, 7) is 3.13. The minimum absolute atomic E-state index is 0.413. The highest BCUT2D eigenvalue weighted by molar-refractivity contribution is 9.10. The summed E-state index contributed by atoms with van der Waals surface area (Å²) in [4.78, 5) is 0. The van der Waals surface area contributed by atoms with Crippen LogP contribution in [0.1, 0.15) is 32.6 Å². The van der Waals surface area contributed by atoms with E-state index in [1.807, 2.05) is 22.9 Å². The van der Waals surface area contributed by atoms with E-state index in [9.17, 15) is 0 Å². The van der Waals surface area contributed by atoms with Gasteiger partial charge in [0.25, 0.3) is 0 Å². The first kappa shape index (κ1) is 13.5. The number of hydrogen-bond acceptors (Lipinski definition) is 4. The van der Waals surface area contributed by atoms with Crippen LogP contribution in [0.25, 0.3) is 11.4 Å². The van der Waals surface area contributed by atoms with E-state index in [4.69, 9.17) is 5.73 Å². The molecule has 2 aromatic rings. The molecule has 1 fully saturated rings. The molecule has 1 aromatic heterocycles. The van der Waals surface area contributed by atoms with E-state index in [2.05, 4.69) is 38.4 Å². The number of aromatic nitrogens is 4. The SMILES string of the molecule is CCCC1(Cn2nnnc2-c2cc(N)cc(Br)c2)CC1. The van der Waals surface area contributed by atoms with Gasteiger partial charge in [0.15, 0.2) is 5.82 Å². The molecule has 106 valence electrons. The Hall–Kier alpha value is -1.43. The summed E-state index contributed by atoms with van der Waals surface area (Å²) in [6.07, 6.45) is 5.01. The second-order valence-electron chi connectivity index (χ2n) is 5.68. The molecule has 6 heteroatoms. The number of tetrazole rings is 1. The van der Waals surface area contributed by atoms with Gasteiger partial charge in [-0.3, -0.25) is 0 Å². The monoisotopic (exact) mass is 335 g/mol. The number of nitrogens with zero attached hydrogens (tertiary/aromatic N) is 4. The van der Waals surface area contributed by atoms with Gasteiger partial charge >= 0.3 is 0 Å². The number of anilines is 1. The third kappa shape index (κ3) is 2.70. The van der Waals surface area contributed by atoms with Gasteiger partial charge in [0.1, 0.15) is 0 Å². The molecular formula is C14H18BrN5. The normalized spacial score (nSPS) is 16.3. The zero-order valence-corrected chi connectivity index (χ0v) is 13.1. The largest absolute Gasteiger partial charge is 0.399 e. The van der Waals surface area contributed by atoms with Gasteiger partial charge < -0.3 is 5.73 Å². The van der Waals surface area contributed by atoms with Crippen LogP contribution in [-0.2, 0) is 6.54 Å². The van der Waals surface area contributed by atoms with Gasteiger partial charge in [-0.05, 0) is 53.3 Å². The maximum atomic E-state index is 5.90. The molecule has 0 amide bonds. The first-order valence-corrected chi connectivity index (χ1v) is 7.74. The Morgan fingerprint density at radius 1 is 1.35 bits per heavy atom. The zero-order chi connectivity index (χ0) is 14.2. The van der Waals surface area contributed by atoms with Crippen molar-refractivity contribution in [2.24, 2.45) is 5.41 Å². The van der Waals surface area contributed by atoms with Crippen molar-refractivity contribution in [2.75, 3.05) is 5.73 Å². The van der Waals surface area contributed by atoms with E-state index < -0.39 is 0 Å². The van der Waals surface area contributed by atoms with Crippen molar-refractivity contribution in [1.82, 2.24) is 20.2 Å². The average Bonchev–Trinajstić information content (AvgIpc) is 2.97. The minimum atomic E-state index is 0.413. The molecule has 0 spiro atoms. The molecule has 0 atom stereocenters. The molecule has 3 rings (SSSR count). The lowest BCUT2D eigenvalue weighted by molar-refractivity contribution is 0.365. The maximum absolute atomic E-state index is 5.90. The summed E-state index contributed by atoms with van der Waals surface area (Å²) in [5.74, 6) is 0.792. The van der Waals surface area contributed by atoms with Gasteiger partial charge in [-0.15, -0.1) is 5.10 Å². The third-order valence-corrected chi connectivity index (χ3v) is 4.39. The molecular weight excluding hydrogens is 318 g/mol. The topological polar surface area (TPSA) is 69.6 Å². The van der Waals surface area contributed by atoms with Gasteiger partial charge in [0.05, 0.1) is 6.54 Å². The van der Waals surface area contributed by atoms with Crippen molar-refractivity contribution in [1.29, 1.82) is 0 Å². The Balaban J connectivity index is 1.90. The molecule has 1 aromatic carbocycles. The van der Waals surface area contributed by atoms with Crippen LogP contribution in [0.5, 0.6) is 0 Å². The molecule has 1 aliphatic carbocycles. The van der Waals surface area contributed by atoms with Gasteiger partial charge in [0, 0.05) is 15.7 Å². The molecule has 0 bridgehead atoms. The van der Waals surface area contributed by atoms with Crippen LogP contribution in [0.2, 0.25) is 0 Å². The summed E-state index contributed by atoms with van der Waals surface area (Å²) < 4.78 is 2.86. The summed E-state index contributed by atoms with van der Waals surface area (Å²) >= 11 is 3.46. The van der Waals surface area contributed by atoms with E-state index in [0.717, 1.165) is 22.4 Å².